The first-order valence-electron chi connectivity index (χ1n) is 4.55. The Morgan fingerprint density at radius 3 is 1.64 bits per heavy atom. The smallest absolute Gasteiger partial charge is 0.0879 e. The predicted octanol–water partition coefficient (Wildman–Crippen LogP) is 3.03. The standard InChI is InChI=1S/C12H9NO/c14-13-11-7-3-1-5-9(11)10-6-2-4-8-12(10)13/h1-8,14H. The molecule has 2 heteroatoms. The van der Waals surface area contributed by atoms with Gasteiger partial charge in [0.15, 0.2) is 0 Å². The molecule has 3 aromatic rings. The third-order valence-electron chi connectivity index (χ3n) is 2.55. The molecule has 0 radical (unpaired) electrons. The molecule has 0 saturated carbocycles. The van der Waals surface area contributed by atoms with Crippen LogP contribution in [-0.4, -0.2) is 9.94 Å². The third kappa shape index (κ3) is 0.799. The number of benzene rings is 2. The molecule has 3 rings (SSSR count). The van der Waals surface area contributed by atoms with Crippen molar-refractivity contribution in [2.45, 2.75) is 0 Å². The molecule has 0 saturated heterocycles. The molecule has 1 heterocycles. The summed E-state index contributed by atoms with van der Waals surface area (Å²) in [7, 11) is 0. The molecular weight excluding hydrogens is 174 g/mol. The zero-order chi connectivity index (χ0) is 9.54. The van der Waals surface area contributed by atoms with Gasteiger partial charge in [0.2, 0.25) is 0 Å². The van der Waals surface area contributed by atoms with Crippen LogP contribution >= 0.6 is 0 Å². The Labute approximate surface area is 81.0 Å². The average Bonchev–Trinajstić information content (AvgIpc) is 2.55. The highest BCUT2D eigenvalue weighted by Crippen LogP contribution is 2.26. The lowest BCUT2D eigenvalue weighted by atomic mass is 10.2. The van der Waals surface area contributed by atoms with Gasteiger partial charge in [0, 0.05) is 10.8 Å². The second-order valence-corrected chi connectivity index (χ2v) is 3.35. The summed E-state index contributed by atoms with van der Waals surface area (Å²) in [6.45, 7) is 0. The van der Waals surface area contributed by atoms with Crippen LogP contribution in [0.1, 0.15) is 0 Å². The summed E-state index contributed by atoms with van der Waals surface area (Å²) in [4.78, 5) is 0. The lowest BCUT2D eigenvalue weighted by Crippen LogP contribution is -1.87. The first-order chi connectivity index (χ1) is 6.88. The number of aromatic nitrogens is 1. The van der Waals surface area contributed by atoms with Gasteiger partial charge in [-0.2, -0.15) is 4.73 Å². The summed E-state index contributed by atoms with van der Waals surface area (Å²) < 4.78 is 1.24. The van der Waals surface area contributed by atoms with Crippen LogP contribution < -0.4 is 0 Å². The Hall–Kier alpha value is -1.96. The monoisotopic (exact) mass is 183 g/mol. The maximum atomic E-state index is 9.87. The summed E-state index contributed by atoms with van der Waals surface area (Å²) in [5.74, 6) is 0. The molecule has 2 aromatic carbocycles. The molecule has 14 heavy (non-hydrogen) atoms. The Morgan fingerprint density at radius 1 is 0.714 bits per heavy atom. The minimum atomic E-state index is 0.855. The second-order valence-electron chi connectivity index (χ2n) is 3.35. The summed E-state index contributed by atoms with van der Waals surface area (Å²) in [5.41, 5.74) is 1.71. The van der Waals surface area contributed by atoms with Gasteiger partial charge < -0.3 is 5.21 Å². The van der Waals surface area contributed by atoms with Crippen molar-refractivity contribution in [2.24, 2.45) is 0 Å². The van der Waals surface area contributed by atoms with Gasteiger partial charge in [-0.3, -0.25) is 0 Å². The number of hydrogen-bond acceptors (Lipinski definition) is 1. The van der Waals surface area contributed by atoms with E-state index in [0.29, 0.717) is 0 Å². The summed E-state index contributed by atoms with van der Waals surface area (Å²) in [6.07, 6.45) is 0. The first-order valence-corrected chi connectivity index (χ1v) is 4.55. The van der Waals surface area contributed by atoms with Gasteiger partial charge in [-0.15, -0.1) is 0 Å². The van der Waals surface area contributed by atoms with E-state index in [0.717, 1.165) is 21.8 Å². The van der Waals surface area contributed by atoms with Crippen molar-refractivity contribution in [2.75, 3.05) is 0 Å². The number of para-hydroxylation sites is 2. The predicted molar refractivity (Wildman–Crippen MR) is 56.6 cm³/mol. The van der Waals surface area contributed by atoms with E-state index in [1.807, 2.05) is 48.5 Å². The van der Waals surface area contributed by atoms with Gasteiger partial charge in [-0.05, 0) is 12.1 Å². The topological polar surface area (TPSA) is 25.2 Å². The lowest BCUT2D eigenvalue weighted by molar-refractivity contribution is 0.213. The molecule has 68 valence electrons. The van der Waals surface area contributed by atoms with Crippen LogP contribution in [0.5, 0.6) is 0 Å². The summed E-state index contributed by atoms with van der Waals surface area (Å²) >= 11 is 0. The fraction of sp³-hybridized carbons (Fsp3) is 0. The van der Waals surface area contributed by atoms with E-state index in [2.05, 4.69) is 0 Å². The van der Waals surface area contributed by atoms with E-state index < -0.39 is 0 Å². The SMILES string of the molecule is On1c2ccccc2c2ccccc21. The second kappa shape index (κ2) is 2.51. The highest BCUT2D eigenvalue weighted by molar-refractivity contribution is 6.07. The van der Waals surface area contributed by atoms with Crippen molar-refractivity contribution in [3.8, 4) is 0 Å². The molecule has 1 aromatic heterocycles. The van der Waals surface area contributed by atoms with Crippen LogP contribution in [-0.2, 0) is 0 Å². The fourth-order valence-electron chi connectivity index (χ4n) is 1.90. The molecule has 0 aliphatic heterocycles. The van der Waals surface area contributed by atoms with Crippen LogP contribution in [0.4, 0.5) is 0 Å². The number of rotatable bonds is 0. The van der Waals surface area contributed by atoms with Gasteiger partial charge in [0.1, 0.15) is 0 Å². The van der Waals surface area contributed by atoms with Crippen LogP contribution in [0.25, 0.3) is 21.8 Å². The maximum Gasteiger partial charge on any atom is 0.0879 e. The number of fused-ring (bicyclic) bond motifs is 3. The van der Waals surface area contributed by atoms with E-state index in [1.165, 1.54) is 4.73 Å². The molecule has 0 spiro atoms. The molecule has 0 fully saturated rings. The third-order valence-corrected chi connectivity index (χ3v) is 2.55. The Kier molecular flexibility index (Phi) is 1.34. The normalized spacial score (nSPS) is 11.1. The quantitative estimate of drug-likeness (QED) is 0.532. The van der Waals surface area contributed by atoms with Gasteiger partial charge in [-0.1, -0.05) is 36.4 Å². The zero-order valence-corrected chi connectivity index (χ0v) is 7.51. The van der Waals surface area contributed by atoms with Crippen molar-refractivity contribution in [3.05, 3.63) is 48.5 Å². The first kappa shape index (κ1) is 7.44. The zero-order valence-electron chi connectivity index (χ0n) is 7.51. The summed E-state index contributed by atoms with van der Waals surface area (Å²) in [5, 5.41) is 12.0. The number of hydrogen-bond donors (Lipinski definition) is 1. The minimum Gasteiger partial charge on any atom is -0.428 e. The maximum absolute atomic E-state index is 9.87. The molecule has 1 N–H and O–H groups in total. The Balaban J connectivity index is 2.69. The lowest BCUT2D eigenvalue weighted by Gasteiger charge is -1.94. The van der Waals surface area contributed by atoms with Gasteiger partial charge in [0.25, 0.3) is 0 Å². The Morgan fingerprint density at radius 2 is 1.14 bits per heavy atom. The van der Waals surface area contributed by atoms with Crippen molar-refractivity contribution < 1.29 is 5.21 Å². The molecule has 0 amide bonds. The van der Waals surface area contributed by atoms with Crippen LogP contribution in [0.3, 0.4) is 0 Å². The van der Waals surface area contributed by atoms with Crippen LogP contribution in [0.2, 0.25) is 0 Å². The molecular formula is C12H9NO. The van der Waals surface area contributed by atoms with E-state index in [9.17, 15) is 5.21 Å². The highest BCUT2D eigenvalue weighted by atomic mass is 16.5. The number of nitrogens with zero attached hydrogens (tertiary/aromatic N) is 1. The van der Waals surface area contributed by atoms with Crippen LogP contribution in [0.15, 0.2) is 48.5 Å². The van der Waals surface area contributed by atoms with E-state index in [1.54, 1.807) is 0 Å². The molecule has 0 unspecified atom stereocenters. The summed E-state index contributed by atoms with van der Waals surface area (Å²) in [6, 6.07) is 15.7. The molecule has 0 bridgehead atoms. The van der Waals surface area contributed by atoms with Crippen molar-refractivity contribution in [3.63, 3.8) is 0 Å². The van der Waals surface area contributed by atoms with Gasteiger partial charge in [0.05, 0.1) is 11.0 Å². The van der Waals surface area contributed by atoms with Gasteiger partial charge in [-0.25, -0.2) is 0 Å². The van der Waals surface area contributed by atoms with E-state index >= 15 is 0 Å². The molecule has 0 aliphatic carbocycles. The fourth-order valence-corrected chi connectivity index (χ4v) is 1.90. The van der Waals surface area contributed by atoms with Crippen LogP contribution in [0, 0.1) is 0 Å². The van der Waals surface area contributed by atoms with Crippen molar-refractivity contribution in [1.82, 2.24) is 4.73 Å². The molecule has 2 nitrogen and oxygen atoms in total. The van der Waals surface area contributed by atoms with Crippen molar-refractivity contribution >= 4 is 21.8 Å². The largest absolute Gasteiger partial charge is 0.428 e. The highest BCUT2D eigenvalue weighted by Gasteiger charge is 2.06. The molecule has 0 atom stereocenters. The van der Waals surface area contributed by atoms with E-state index in [-0.39, 0.29) is 0 Å². The Bertz CT molecular complexity index is 557. The van der Waals surface area contributed by atoms with Gasteiger partial charge >= 0.3 is 0 Å². The molecule has 0 aliphatic rings. The van der Waals surface area contributed by atoms with Crippen molar-refractivity contribution in [1.29, 1.82) is 0 Å². The van der Waals surface area contributed by atoms with E-state index in [4.69, 9.17) is 0 Å². The minimum absolute atomic E-state index is 0.855. The average molecular weight is 183 g/mol.